The highest BCUT2D eigenvalue weighted by Crippen LogP contribution is 2.24. The lowest BCUT2D eigenvalue weighted by molar-refractivity contribution is 0.110. The molecule has 2 nitrogen and oxygen atoms in total. The Morgan fingerprint density at radius 3 is 2.94 bits per heavy atom. The van der Waals surface area contributed by atoms with Gasteiger partial charge in [-0.05, 0) is 23.6 Å². The van der Waals surface area contributed by atoms with E-state index in [1.165, 1.54) is 5.56 Å². The van der Waals surface area contributed by atoms with Crippen molar-refractivity contribution < 1.29 is 9.21 Å². The number of aldehydes is 1. The SMILES string of the molecule is CCCc1cccc(-c2ccoc2C=O)c1. The van der Waals surface area contributed by atoms with Crippen LogP contribution in [0, 0.1) is 0 Å². The highest BCUT2D eigenvalue weighted by Gasteiger charge is 2.07. The third-order valence-electron chi connectivity index (χ3n) is 2.58. The summed E-state index contributed by atoms with van der Waals surface area (Å²) in [7, 11) is 0. The van der Waals surface area contributed by atoms with Crippen LogP contribution in [0.5, 0.6) is 0 Å². The van der Waals surface area contributed by atoms with E-state index in [0.717, 1.165) is 30.3 Å². The lowest BCUT2D eigenvalue weighted by atomic mass is 10.0. The van der Waals surface area contributed by atoms with Gasteiger partial charge in [-0.3, -0.25) is 4.79 Å². The van der Waals surface area contributed by atoms with Crippen LogP contribution in [-0.2, 0) is 6.42 Å². The summed E-state index contributed by atoms with van der Waals surface area (Å²) in [4.78, 5) is 10.8. The van der Waals surface area contributed by atoms with Crippen LogP contribution < -0.4 is 0 Å². The molecule has 0 atom stereocenters. The van der Waals surface area contributed by atoms with Gasteiger partial charge in [0.15, 0.2) is 12.0 Å². The quantitative estimate of drug-likeness (QED) is 0.726. The molecule has 82 valence electrons. The third-order valence-corrected chi connectivity index (χ3v) is 2.58. The summed E-state index contributed by atoms with van der Waals surface area (Å²) in [5.74, 6) is 0.397. The van der Waals surface area contributed by atoms with Crippen molar-refractivity contribution in [2.24, 2.45) is 0 Å². The van der Waals surface area contributed by atoms with Gasteiger partial charge in [0.1, 0.15) is 0 Å². The molecule has 0 amide bonds. The largest absolute Gasteiger partial charge is 0.461 e. The Morgan fingerprint density at radius 1 is 1.31 bits per heavy atom. The Balaban J connectivity index is 2.40. The predicted octanol–water partition coefficient (Wildman–Crippen LogP) is 3.71. The molecule has 0 aliphatic rings. The lowest BCUT2D eigenvalue weighted by Gasteiger charge is -2.02. The van der Waals surface area contributed by atoms with Crippen LogP contribution in [0.2, 0.25) is 0 Å². The summed E-state index contributed by atoms with van der Waals surface area (Å²) in [6.45, 7) is 2.15. The van der Waals surface area contributed by atoms with Crippen LogP contribution in [0.3, 0.4) is 0 Å². The molecule has 0 spiro atoms. The maximum Gasteiger partial charge on any atom is 0.185 e. The number of benzene rings is 1. The van der Waals surface area contributed by atoms with Gasteiger partial charge in [-0.15, -0.1) is 0 Å². The van der Waals surface area contributed by atoms with Crippen molar-refractivity contribution in [2.45, 2.75) is 19.8 Å². The van der Waals surface area contributed by atoms with Crippen LogP contribution in [0.25, 0.3) is 11.1 Å². The molecule has 0 N–H and O–H groups in total. The van der Waals surface area contributed by atoms with E-state index in [4.69, 9.17) is 4.42 Å². The molecule has 2 aromatic rings. The fraction of sp³-hybridized carbons (Fsp3) is 0.214. The fourth-order valence-corrected chi connectivity index (χ4v) is 1.83. The first-order valence-corrected chi connectivity index (χ1v) is 5.47. The second-order valence-corrected chi connectivity index (χ2v) is 3.77. The Kier molecular flexibility index (Phi) is 3.20. The number of furan rings is 1. The first-order valence-electron chi connectivity index (χ1n) is 5.47. The monoisotopic (exact) mass is 214 g/mol. The molecule has 16 heavy (non-hydrogen) atoms. The Bertz CT molecular complexity index is 483. The summed E-state index contributed by atoms with van der Waals surface area (Å²) < 4.78 is 5.10. The smallest absolute Gasteiger partial charge is 0.185 e. The number of hydrogen-bond acceptors (Lipinski definition) is 2. The molecule has 2 heteroatoms. The van der Waals surface area contributed by atoms with Gasteiger partial charge in [0, 0.05) is 5.56 Å². The van der Waals surface area contributed by atoms with E-state index in [1.807, 2.05) is 18.2 Å². The first kappa shape index (κ1) is 10.7. The maximum atomic E-state index is 10.8. The molecular weight excluding hydrogens is 200 g/mol. The van der Waals surface area contributed by atoms with Crippen molar-refractivity contribution in [3.63, 3.8) is 0 Å². The van der Waals surface area contributed by atoms with Gasteiger partial charge in [0.05, 0.1) is 6.26 Å². The Morgan fingerprint density at radius 2 is 2.19 bits per heavy atom. The van der Waals surface area contributed by atoms with Crippen molar-refractivity contribution in [1.29, 1.82) is 0 Å². The van der Waals surface area contributed by atoms with Gasteiger partial charge in [-0.1, -0.05) is 37.6 Å². The van der Waals surface area contributed by atoms with Crippen LogP contribution >= 0.6 is 0 Å². The van der Waals surface area contributed by atoms with Crippen LogP contribution in [0.15, 0.2) is 41.0 Å². The van der Waals surface area contributed by atoms with Crippen molar-refractivity contribution in [3.8, 4) is 11.1 Å². The summed E-state index contributed by atoms with van der Waals surface area (Å²) in [6, 6.07) is 10.1. The molecule has 1 heterocycles. The minimum atomic E-state index is 0.397. The van der Waals surface area contributed by atoms with E-state index < -0.39 is 0 Å². The van der Waals surface area contributed by atoms with Gasteiger partial charge in [-0.2, -0.15) is 0 Å². The molecule has 0 saturated carbocycles. The number of rotatable bonds is 4. The number of hydrogen-bond donors (Lipinski definition) is 0. The zero-order valence-electron chi connectivity index (χ0n) is 9.27. The topological polar surface area (TPSA) is 30.2 Å². The molecule has 1 aromatic carbocycles. The molecule has 0 aliphatic carbocycles. The van der Waals surface area contributed by atoms with Gasteiger partial charge in [-0.25, -0.2) is 0 Å². The summed E-state index contributed by atoms with van der Waals surface area (Å²) in [6.07, 6.45) is 4.48. The van der Waals surface area contributed by atoms with Crippen LogP contribution in [-0.4, -0.2) is 6.29 Å². The normalized spacial score (nSPS) is 10.3. The number of aryl methyl sites for hydroxylation is 1. The van der Waals surface area contributed by atoms with E-state index in [-0.39, 0.29) is 0 Å². The summed E-state index contributed by atoms with van der Waals surface area (Å²) >= 11 is 0. The predicted molar refractivity (Wildman–Crippen MR) is 63.5 cm³/mol. The van der Waals surface area contributed by atoms with Crippen LogP contribution in [0.1, 0.15) is 29.5 Å². The molecule has 0 aliphatic heterocycles. The van der Waals surface area contributed by atoms with Crippen LogP contribution in [0.4, 0.5) is 0 Å². The van der Waals surface area contributed by atoms with Gasteiger partial charge < -0.3 is 4.42 Å². The zero-order valence-corrected chi connectivity index (χ0v) is 9.27. The molecule has 0 fully saturated rings. The average molecular weight is 214 g/mol. The zero-order chi connectivity index (χ0) is 11.4. The maximum absolute atomic E-state index is 10.8. The second kappa shape index (κ2) is 4.79. The highest BCUT2D eigenvalue weighted by atomic mass is 16.3. The van der Waals surface area contributed by atoms with Gasteiger partial charge in [0.25, 0.3) is 0 Å². The molecule has 0 unspecified atom stereocenters. The van der Waals surface area contributed by atoms with Crippen molar-refractivity contribution in [2.75, 3.05) is 0 Å². The van der Waals surface area contributed by atoms with E-state index in [0.29, 0.717) is 5.76 Å². The van der Waals surface area contributed by atoms with Crippen molar-refractivity contribution in [1.82, 2.24) is 0 Å². The van der Waals surface area contributed by atoms with E-state index in [1.54, 1.807) is 6.26 Å². The molecule has 0 radical (unpaired) electrons. The fourth-order valence-electron chi connectivity index (χ4n) is 1.83. The molecule has 0 saturated heterocycles. The molecule has 0 bridgehead atoms. The second-order valence-electron chi connectivity index (χ2n) is 3.77. The number of carbonyl (C=O) groups is 1. The Hall–Kier alpha value is -1.83. The lowest BCUT2D eigenvalue weighted by Crippen LogP contribution is -1.86. The highest BCUT2D eigenvalue weighted by molar-refractivity contribution is 5.84. The van der Waals surface area contributed by atoms with E-state index in [2.05, 4.69) is 19.1 Å². The van der Waals surface area contributed by atoms with E-state index in [9.17, 15) is 4.79 Å². The summed E-state index contributed by atoms with van der Waals surface area (Å²) in [5, 5.41) is 0. The van der Waals surface area contributed by atoms with Gasteiger partial charge in [0.2, 0.25) is 0 Å². The first-order chi connectivity index (χ1) is 7.85. The number of carbonyl (C=O) groups excluding carboxylic acids is 1. The standard InChI is InChI=1S/C14H14O2/c1-2-4-11-5-3-6-12(9-11)13-7-8-16-14(13)10-15/h3,5-10H,2,4H2,1H3. The van der Waals surface area contributed by atoms with Crippen molar-refractivity contribution >= 4 is 6.29 Å². The minimum absolute atomic E-state index is 0.397. The third kappa shape index (κ3) is 2.06. The van der Waals surface area contributed by atoms with E-state index >= 15 is 0 Å². The molecule has 2 rings (SSSR count). The molecule has 1 aromatic heterocycles. The van der Waals surface area contributed by atoms with Crippen molar-refractivity contribution in [3.05, 3.63) is 47.9 Å². The van der Waals surface area contributed by atoms with Gasteiger partial charge >= 0.3 is 0 Å². The Labute approximate surface area is 94.9 Å². The summed E-state index contributed by atoms with van der Waals surface area (Å²) in [5.41, 5.74) is 3.20. The minimum Gasteiger partial charge on any atom is -0.461 e. The molecular formula is C14H14O2. The average Bonchev–Trinajstić information content (AvgIpc) is 2.78.